The van der Waals surface area contributed by atoms with Gasteiger partial charge in [0, 0.05) is 13.0 Å². The Balaban J connectivity index is 1.51. The zero-order chi connectivity index (χ0) is 25.2. The third kappa shape index (κ3) is 7.09. The molecular weight excluding hydrogens is 458 g/mol. The van der Waals surface area contributed by atoms with Crippen molar-refractivity contribution in [3.8, 4) is 11.5 Å². The molecule has 4 rings (SSSR count). The van der Waals surface area contributed by atoms with E-state index in [1.807, 2.05) is 78.9 Å². The second-order valence-electron chi connectivity index (χ2n) is 8.68. The van der Waals surface area contributed by atoms with Crippen molar-refractivity contribution in [3.05, 3.63) is 95.6 Å². The molecular formula is C29H31NO6. The third-order valence-electron chi connectivity index (χ3n) is 6.02. The molecule has 1 fully saturated rings. The molecule has 2 atom stereocenters. The summed E-state index contributed by atoms with van der Waals surface area (Å²) in [4.78, 5) is 25.1. The van der Waals surface area contributed by atoms with E-state index in [2.05, 4.69) is 5.32 Å². The van der Waals surface area contributed by atoms with Gasteiger partial charge in [0.05, 0.1) is 19.6 Å². The van der Waals surface area contributed by atoms with Crippen LogP contribution < -0.4 is 14.8 Å². The number of hydrogen-bond acceptors (Lipinski definition) is 6. The van der Waals surface area contributed by atoms with E-state index in [4.69, 9.17) is 18.9 Å². The lowest BCUT2D eigenvalue weighted by Crippen LogP contribution is -2.45. The molecule has 0 spiro atoms. The highest BCUT2D eigenvalue weighted by molar-refractivity contribution is 5.86. The first-order chi connectivity index (χ1) is 17.6. The molecule has 0 bridgehead atoms. The molecule has 0 saturated carbocycles. The van der Waals surface area contributed by atoms with Crippen LogP contribution in [-0.2, 0) is 38.7 Å². The van der Waals surface area contributed by atoms with Crippen molar-refractivity contribution in [1.29, 1.82) is 0 Å². The summed E-state index contributed by atoms with van der Waals surface area (Å²) < 4.78 is 22.5. The molecule has 0 aromatic heterocycles. The van der Waals surface area contributed by atoms with Gasteiger partial charge in [-0.25, -0.2) is 4.79 Å². The summed E-state index contributed by atoms with van der Waals surface area (Å²) in [5.74, 6) is 0.201. The fourth-order valence-electron chi connectivity index (χ4n) is 3.98. The van der Waals surface area contributed by atoms with Crippen LogP contribution in [0.4, 0.5) is 0 Å². The molecule has 7 heteroatoms. The number of carbonyl (C=O) groups excluding carboxylic acids is 2. The standard InChI is InChI=1S/C29H31NO6/c1-33-29(32)25(30-28(31)24-14-15-34-20-24)16-23-12-13-26(35-18-21-8-4-2-5-9-21)27(17-23)36-19-22-10-6-3-7-11-22/h2-13,17,24-25H,14-16,18-20H2,1H3,(H,30,31)/t24-,25+/m0/s1. The van der Waals surface area contributed by atoms with Crippen molar-refractivity contribution in [1.82, 2.24) is 5.32 Å². The van der Waals surface area contributed by atoms with Gasteiger partial charge in [0.25, 0.3) is 0 Å². The van der Waals surface area contributed by atoms with Crippen molar-refractivity contribution in [2.24, 2.45) is 5.92 Å². The number of esters is 1. The normalized spacial score (nSPS) is 15.6. The number of amides is 1. The zero-order valence-corrected chi connectivity index (χ0v) is 20.4. The topological polar surface area (TPSA) is 83.1 Å². The van der Waals surface area contributed by atoms with Gasteiger partial charge in [0.1, 0.15) is 19.3 Å². The van der Waals surface area contributed by atoms with Gasteiger partial charge in [0.15, 0.2) is 11.5 Å². The summed E-state index contributed by atoms with van der Waals surface area (Å²) >= 11 is 0. The molecule has 1 heterocycles. The Bertz CT molecular complexity index is 1130. The largest absolute Gasteiger partial charge is 0.485 e. The first-order valence-corrected chi connectivity index (χ1v) is 12.0. The molecule has 0 radical (unpaired) electrons. The van der Waals surface area contributed by atoms with Crippen LogP contribution >= 0.6 is 0 Å². The number of methoxy groups -OCH3 is 1. The SMILES string of the molecule is COC(=O)[C@@H](Cc1ccc(OCc2ccccc2)c(OCc2ccccc2)c1)NC(=O)[C@H]1CCOC1. The lowest BCUT2D eigenvalue weighted by molar-refractivity contribution is -0.145. The quantitative estimate of drug-likeness (QED) is 0.409. The molecule has 0 unspecified atom stereocenters. The molecule has 36 heavy (non-hydrogen) atoms. The maximum atomic E-state index is 12.6. The first kappa shape index (κ1) is 25.3. The summed E-state index contributed by atoms with van der Waals surface area (Å²) in [5, 5.41) is 2.83. The fourth-order valence-corrected chi connectivity index (χ4v) is 3.98. The van der Waals surface area contributed by atoms with Gasteiger partial charge in [-0.1, -0.05) is 66.7 Å². The maximum absolute atomic E-state index is 12.6. The van der Waals surface area contributed by atoms with E-state index < -0.39 is 12.0 Å². The second-order valence-corrected chi connectivity index (χ2v) is 8.68. The summed E-state index contributed by atoms with van der Waals surface area (Å²) in [6, 6.07) is 24.5. The Kier molecular flexibility index (Phi) is 8.94. The summed E-state index contributed by atoms with van der Waals surface area (Å²) in [6.45, 7) is 1.68. The highest BCUT2D eigenvalue weighted by Crippen LogP contribution is 2.31. The minimum atomic E-state index is -0.818. The number of nitrogens with one attached hydrogen (secondary N) is 1. The lowest BCUT2D eigenvalue weighted by atomic mass is 10.0. The molecule has 3 aromatic carbocycles. The van der Waals surface area contributed by atoms with E-state index in [0.717, 1.165) is 16.7 Å². The molecule has 1 amide bonds. The summed E-state index contributed by atoms with van der Waals surface area (Å²) in [6.07, 6.45) is 0.900. The number of rotatable bonds is 11. The van der Waals surface area contributed by atoms with Gasteiger partial charge < -0.3 is 24.3 Å². The van der Waals surface area contributed by atoms with Crippen LogP contribution in [0.15, 0.2) is 78.9 Å². The number of hydrogen-bond donors (Lipinski definition) is 1. The lowest BCUT2D eigenvalue weighted by Gasteiger charge is -2.20. The number of ether oxygens (including phenoxy) is 4. The van der Waals surface area contributed by atoms with Crippen LogP contribution in [0.3, 0.4) is 0 Å². The molecule has 1 aliphatic heterocycles. The smallest absolute Gasteiger partial charge is 0.328 e. The molecule has 1 aliphatic rings. The fraction of sp³-hybridized carbons (Fsp3) is 0.310. The molecule has 0 aliphatic carbocycles. The summed E-state index contributed by atoms with van der Waals surface area (Å²) in [5.41, 5.74) is 2.87. The van der Waals surface area contributed by atoms with Gasteiger partial charge in [-0.3, -0.25) is 4.79 Å². The van der Waals surface area contributed by atoms with Gasteiger partial charge >= 0.3 is 5.97 Å². The molecule has 1 saturated heterocycles. The van der Waals surface area contributed by atoms with E-state index in [9.17, 15) is 9.59 Å². The van der Waals surface area contributed by atoms with Gasteiger partial charge in [-0.2, -0.15) is 0 Å². The highest BCUT2D eigenvalue weighted by atomic mass is 16.5. The van der Waals surface area contributed by atoms with Gasteiger partial charge in [-0.15, -0.1) is 0 Å². The maximum Gasteiger partial charge on any atom is 0.328 e. The van der Waals surface area contributed by atoms with E-state index in [1.54, 1.807) is 0 Å². The molecule has 1 N–H and O–H groups in total. The minimum absolute atomic E-state index is 0.203. The Hall–Kier alpha value is -3.84. The van der Waals surface area contributed by atoms with E-state index in [0.29, 0.717) is 44.3 Å². The van der Waals surface area contributed by atoms with Crippen molar-refractivity contribution in [3.63, 3.8) is 0 Å². The first-order valence-electron chi connectivity index (χ1n) is 12.0. The Labute approximate surface area is 211 Å². The minimum Gasteiger partial charge on any atom is -0.485 e. The van der Waals surface area contributed by atoms with Crippen LogP contribution in [0, 0.1) is 5.92 Å². The predicted molar refractivity (Wildman–Crippen MR) is 135 cm³/mol. The monoisotopic (exact) mass is 489 g/mol. The van der Waals surface area contributed by atoms with Gasteiger partial charge in [0.2, 0.25) is 5.91 Å². The zero-order valence-electron chi connectivity index (χ0n) is 20.4. The van der Waals surface area contributed by atoms with E-state index in [1.165, 1.54) is 7.11 Å². The molecule has 3 aromatic rings. The van der Waals surface area contributed by atoms with Crippen LogP contribution in [0.25, 0.3) is 0 Å². The van der Waals surface area contributed by atoms with Crippen molar-refractivity contribution >= 4 is 11.9 Å². The van der Waals surface area contributed by atoms with Crippen LogP contribution in [0.1, 0.15) is 23.1 Å². The highest BCUT2D eigenvalue weighted by Gasteiger charge is 2.29. The molecule has 188 valence electrons. The van der Waals surface area contributed by atoms with Crippen LogP contribution in [-0.4, -0.2) is 38.2 Å². The van der Waals surface area contributed by atoms with Crippen molar-refractivity contribution in [2.75, 3.05) is 20.3 Å². The average molecular weight is 490 g/mol. The second kappa shape index (κ2) is 12.7. The summed E-state index contributed by atoms with van der Waals surface area (Å²) in [7, 11) is 1.31. The Morgan fingerprint density at radius 2 is 1.53 bits per heavy atom. The number of carbonyl (C=O) groups is 2. The van der Waals surface area contributed by atoms with E-state index in [-0.39, 0.29) is 18.2 Å². The Morgan fingerprint density at radius 3 is 2.11 bits per heavy atom. The molecule has 7 nitrogen and oxygen atoms in total. The Morgan fingerprint density at radius 1 is 0.889 bits per heavy atom. The van der Waals surface area contributed by atoms with E-state index >= 15 is 0 Å². The predicted octanol–water partition coefficient (Wildman–Crippen LogP) is 4.08. The van der Waals surface area contributed by atoms with Crippen molar-refractivity contribution < 1.29 is 28.5 Å². The van der Waals surface area contributed by atoms with Crippen molar-refractivity contribution in [2.45, 2.75) is 32.1 Å². The van der Waals surface area contributed by atoms with Gasteiger partial charge in [-0.05, 0) is 35.2 Å². The van der Waals surface area contributed by atoms with Crippen LogP contribution in [0.5, 0.6) is 11.5 Å². The van der Waals surface area contributed by atoms with Crippen LogP contribution in [0.2, 0.25) is 0 Å². The average Bonchev–Trinajstić information content (AvgIpc) is 3.47. The third-order valence-corrected chi connectivity index (χ3v) is 6.02. The number of benzene rings is 3.